The van der Waals surface area contributed by atoms with Gasteiger partial charge in [0.2, 0.25) is 5.91 Å². The molecule has 1 amide bonds. The third kappa shape index (κ3) is 4.27. The zero-order valence-electron chi connectivity index (χ0n) is 9.85. The highest BCUT2D eigenvalue weighted by molar-refractivity contribution is 8.24. The first-order chi connectivity index (χ1) is 8.06. The number of unbranched alkanes of at least 4 members (excludes halogenated alkanes) is 3. The average molecular weight is 275 g/mol. The highest BCUT2D eigenvalue weighted by atomic mass is 32.2. The van der Waals surface area contributed by atoms with Crippen molar-refractivity contribution < 1.29 is 14.7 Å². The molecule has 1 atom stereocenters. The van der Waals surface area contributed by atoms with E-state index in [0.717, 1.165) is 25.7 Å². The lowest BCUT2D eigenvalue weighted by Crippen LogP contribution is -2.33. The van der Waals surface area contributed by atoms with Crippen molar-refractivity contribution >= 4 is 40.2 Å². The van der Waals surface area contributed by atoms with E-state index in [4.69, 9.17) is 17.3 Å². The van der Waals surface area contributed by atoms with E-state index in [-0.39, 0.29) is 12.3 Å². The fourth-order valence-corrected chi connectivity index (χ4v) is 3.22. The predicted molar refractivity (Wildman–Crippen MR) is 72.1 cm³/mol. The van der Waals surface area contributed by atoms with Crippen LogP contribution in [0.2, 0.25) is 0 Å². The van der Waals surface area contributed by atoms with Gasteiger partial charge in [-0.3, -0.25) is 14.5 Å². The molecule has 1 rings (SSSR count). The number of hydrogen-bond donors (Lipinski definition) is 1. The number of nitrogens with zero attached hydrogens (tertiary/aromatic N) is 1. The monoisotopic (exact) mass is 275 g/mol. The van der Waals surface area contributed by atoms with Crippen LogP contribution in [0.3, 0.4) is 0 Å². The third-order valence-corrected chi connectivity index (χ3v) is 4.18. The Morgan fingerprint density at radius 1 is 1.47 bits per heavy atom. The average Bonchev–Trinajstić information content (AvgIpc) is 2.50. The number of thioether (sulfide) groups is 1. The number of thiocarbonyl (C=S) groups is 1. The molecule has 1 N–H and O–H groups in total. The van der Waals surface area contributed by atoms with Gasteiger partial charge in [0.05, 0.1) is 6.42 Å². The molecule has 0 radical (unpaired) electrons. The second-order valence-corrected chi connectivity index (χ2v) is 5.86. The molecule has 1 unspecified atom stereocenters. The molecule has 4 nitrogen and oxygen atoms in total. The van der Waals surface area contributed by atoms with E-state index in [1.54, 1.807) is 4.90 Å². The molecular formula is C11H17NO3S2. The van der Waals surface area contributed by atoms with Crippen molar-refractivity contribution in [3.8, 4) is 0 Å². The molecule has 1 heterocycles. The van der Waals surface area contributed by atoms with Crippen LogP contribution < -0.4 is 0 Å². The summed E-state index contributed by atoms with van der Waals surface area (Å²) in [6, 6.07) is 0. The lowest BCUT2D eigenvalue weighted by molar-refractivity contribution is -0.139. The SMILES string of the molecule is CCCCCCN1C(=O)C(CC(=O)O)SC1=S. The zero-order valence-corrected chi connectivity index (χ0v) is 11.5. The van der Waals surface area contributed by atoms with E-state index in [2.05, 4.69) is 6.92 Å². The molecule has 96 valence electrons. The summed E-state index contributed by atoms with van der Waals surface area (Å²) < 4.78 is 0.526. The third-order valence-electron chi connectivity index (χ3n) is 2.60. The second-order valence-electron chi connectivity index (χ2n) is 4.02. The van der Waals surface area contributed by atoms with Gasteiger partial charge >= 0.3 is 5.97 Å². The predicted octanol–water partition coefficient (Wildman–Crippen LogP) is 2.27. The van der Waals surface area contributed by atoms with Gasteiger partial charge in [-0.1, -0.05) is 50.2 Å². The smallest absolute Gasteiger partial charge is 0.305 e. The van der Waals surface area contributed by atoms with Crippen LogP contribution in [0.1, 0.15) is 39.0 Å². The minimum absolute atomic E-state index is 0.140. The van der Waals surface area contributed by atoms with Gasteiger partial charge in [-0.2, -0.15) is 0 Å². The molecule has 0 saturated carbocycles. The van der Waals surface area contributed by atoms with E-state index < -0.39 is 11.2 Å². The molecular weight excluding hydrogens is 258 g/mol. The summed E-state index contributed by atoms with van der Waals surface area (Å²) >= 11 is 6.30. The summed E-state index contributed by atoms with van der Waals surface area (Å²) in [5, 5.41) is 8.16. The first-order valence-electron chi connectivity index (χ1n) is 5.80. The summed E-state index contributed by atoms with van der Waals surface area (Å²) in [6.45, 7) is 2.76. The van der Waals surface area contributed by atoms with Gasteiger partial charge < -0.3 is 5.11 Å². The van der Waals surface area contributed by atoms with Crippen molar-refractivity contribution in [2.45, 2.75) is 44.3 Å². The zero-order chi connectivity index (χ0) is 12.8. The van der Waals surface area contributed by atoms with Crippen LogP contribution in [0.15, 0.2) is 0 Å². The van der Waals surface area contributed by atoms with E-state index in [1.165, 1.54) is 11.8 Å². The van der Waals surface area contributed by atoms with Crippen molar-refractivity contribution in [1.82, 2.24) is 4.90 Å². The second kappa shape index (κ2) is 6.96. The van der Waals surface area contributed by atoms with Crippen LogP contribution in [0.4, 0.5) is 0 Å². The van der Waals surface area contributed by atoms with Gasteiger partial charge in [0.1, 0.15) is 9.57 Å². The number of carboxylic acids is 1. The van der Waals surface area contributed by atoms with Crippen molar-refractivity contribution in [2.24, 2.45) is 0 Å². The summed E-state index contributed by atoms with van der Waals surface area (Å²) in [5.74, 6) is -1.09. The Labute approximate surface area is 111 Å². The molecule has 0 aliphatic carbocycles. The maximum atomic E-state index is 11.9. The number of aliphatic carboxylic acids is 1. The fraction of sp³-hybridized carbons (Fsp3) is 0.727. The maximum absolute atomic E-state index is 11.9. The molecule has 0 aromatic heterocycles. The van der Waals surface area contributed by atoms with Crippen molar-refractivity contribution in [1.29, 1.82) is 0 Å². The summed E-state index contributed by atoms with van der Waals surface area (Å²) in [6.07, 6.45) is 4.17. The Kier molecular flexibility index (Phi) is 5.91. The van der Waals surface area contributed by atoms with Gasteiger partial charge in [0, 0.05) is 6.54 Å². The topological polar surface area (TPSA) is 57.6 Å². The molecule has 1 saturated heterocycles. The van der Waals surface area contributed by atoms with E-state index in [9.17, 15) is 9.59 Å². The van der Waals surface area contributed by atoms with E-state index in [1.807, 2.05) is 0 Å². The lowest BCUT2D eigenvalue weighted by atomic mass is 10.2. The van der Waals surface area contributed by atoms with Gasteiger partial charge in [0.15, 0.2) is 0 Å². The lowest BCUT2D eigenvalue weighted by Gasteiger charge is -2.14. The standard InChI is InChI=1S/C11H17NO3S2/c1-2-3-4-5-6-12-10(15)8(7-9(13)14)17-11(12)16/h8H,2-7H2,1H3,(H,13,14). The Hall–Kier alpha value is -0.620. The first-order valence-corrected chi connectivity index (χ1v) is 7.08. The summed E-state index contributed by atoms with van der Waals surface area (Å²) in [7, 11) is 0. The molecule has 0 spiro atoms. The molecule has 0 bridgehead atoms. The minimum Gasteiger partial charge on any atom is -0.481 e. The summed E-state index contributed by atoms with van der Waals surface area (Å²) in [5.41, 5.74) is 0. The van der Waals surface area contributed by atoms with Crippen LogP contribution in [0, 0.1) is 0 Å². The quantitative estimate of drug-likeness (QED) is 0.570. The van der Waals surface area contributed by atoms with Gasteiger partial charge in [0.25, 0.3) is 0 Å². The molecule has 1 fully saturated rings. The van der Waals surface area contributed by atoms with Crippen molar-refractivity contribution in [2.75, 3.05) is 6.54 Å². The van der Waals surface area contributed by atoms with Crippen LogP contribution >= 0.6 is 24.0 Å². The largest absolute Gasteiger partial charge is 0.481 e. The Bertz CT molecular complexity index is 320. The van der Waals surface area contributed by atoms with E-state index in [0.29, 0.717) is 10.9 Å². The van der Waals surface area contributed by atoms with Crippen LogP contribution in [-0.4, -0.2) is 38.0 Å². The van der Waals surface area contributed by atoms with Crippen LogP contribution in [0.5, 0.6) is 0 Å². The maximum Gasteiger partial charge on any atom is 0.305 e. The highest BCUT2D eigenvalue weighted by Crippen LogP contribution is 2.29. The van der Waals surface area contributed by atoms with Crippen LogP contribution in [0.25, 0.3) is 0 Å². The van der Waals surface area contributed by atoms with E-state index >= 15 is 0 Å². The first kappa shape index (κ1) is 14.4. The number of rotatable bonds is 7. The Balaban J connectivity index is 2.42. The Morgan fingerprint density at radius 3 is 2.76 bits per heavy atom. The van der Waals surface area contributed by atoms with Crippen molar-refractivity contribution in [3.63, 3.8) is 0 Å². The molecule has 17 heavy (non-hydrogen) atoms. The fourth-order valence-electron chi connectivity index (χ4n) is 1.69. The van der Waals surface area contributed by atoms with Gasteiger partial charge in [-0.05, 0) is 6.42 Å². The number of carbonyl (C=O) groups excluding carboxylic acids is 1. The highest BCUT2D eigenvalue weighted by Gasteiger charge is 2.37. The van der Waals surface area contributed by atoms with Gasteiger partial charge in [-0.25, -0.2) is 0 Å². The molecule has 6 heteroatoms. The molecule has 0 aromatic rings. The normalized spacial score (nSPS) is 20.1. The van der Waals surface area contributed by atoms with Crippen molar-refractivity contribution in [3.05, 3.63) is 0 Å². The van der Waals surface area contributed by atoms with Gasteiger partial charge in [-0.15, -0.1) is 0 Å². The minimum atomic E-state index is -0.952. The Morgan fingerprint density at radius 2 is 2.18 bits per heavy atom. The summed E-state index contributed by atoms with van der Waals surface area (Å²) in [4.78, 5) is 24.0. The molecule has 1 aliphatic heterocycles. The number of carboxylic acid groups (broad SMARTS) is 1. The number of amides is 1. The molecule has 1 aliphatic rings. The number of hydrogen-bond acceptors (Lipinski definition) is 4. The van der Waals surface area contributed by atoms with Crippen LogP contribution in [-0.2, 0) is 9.59 Å². The molecule has 0 aromatic carbocycles. The number of carbonyl (C=O) groups is 2.